The van der Waals surface area contributed by atoms with Gasteiger partial charge in [0.1, 0.15) is 10.6 Å². The molecule has 0 aliphatic rings. The molecule has 0 aliphatic carbocycles. The van der Waals surface area contributed by atoms with Crippen molar-refractivity contribution in [1.82, 2.24) is 0 Å². The fourth-order valence-corrected chi connectivity index (χ4v) is 15.2. The molecule has 0 radical (unpaired) electrons. The average molecular weight is 931 g/mol. The summed E-state index contributed by atoms with van der Waals surface area (Å²) in [6, 6.07) is 46.2. The average Bonchev–Trinajstić information content (AvgIpc) is 3.13. The van der Waals surface area contributed by atoms with E-state index in [2.05, 4.69) is 128 Å². The van der Waals surface area contributed by atoms with Crippen molar-refractivity contribution in [3.63, 3.8) is 0 Å². The first-order valence-electron chi connectivity index (χ1n) is 18.6. The largest absolute Gasteiger partial charge is 1.00 e. The first kappa shape index (κ1) is 45.4. The summed E-state index contributed by atoms with van der Waals surface area (Å²) < 4.78 is 0. The zero-order valence-corrected chi connectivity index (χ0v) is 37.6. The predicted molar refractivity (Wildman–Crippen MR) is 238 cm³/mol. The van der Waals surface area contributed by atoms with Gasteiger partial charge in [0.05, 0.1) is 22.6 Å². The van der Waals surface area contributed by atoms with Gasteiger partial charge in [0.2, 0.25) is 0 Å². The molecule has 0 fully saturated rings. The number of fused-ring (bicyclic) bond motifs is 4. The fourth-order valence-electron chi connectivity index (χ4n) is 7.86. The van der Waals surface area contributed by atoms with Crippen LogP contribution < -0.4 is 10.6 Å². The Kier molecular flexibility index (Phi) is 18.0. The molecule has 0 heterocycles. The van der Waals surface area contributed by atoms with E-state index in [4.69, 9.17) is 12.8 Å². The first-order valence-corrected chi connectivity index (χ1v) is 21.9. The molecule has 0 atom stereocenters. The van der Waals surface area contributed by atoms with Crippen LogP contribution in [0.15, 0.2) is 133 Å². The maximum atomic E-state index is 7.46. The van der Waals surface area contributed by atoms with Gasteiger partial charge in [-0.3, -0.25) is 11.8 Å². The second-order valence-electron chi connectivity index (χ2n) is 14.7. The second-order valence-corrected chi connectivity index (χ2v) is 22.2. The molecule has 0 aliphatic heterocycles. The Labute approximate surface area is 358 Å². The number of hydrogen-bond donors (Lipinski definition) is 0. The van der Waals surface area contributed by atoms with E-state index in [0.717, 1.165) is 76.9 Å². The monoisotopic (exact) mass is 928 g/mol. The van der Waals surface area contributed by atoms with Crippen LogP contribution in [0.4, 0.5) is 0 Å². The van der Waals surface area contributed by atoms with Crippen molar-refractivity contribution < 1.29 is 44.8 Å². The van der Waals surface area contributed by atoms with Gasteiger partial charge in [-0.25, -0.2) is 0 Å². The predicted octanol–water partition coefficient (Wildman–Crippen LogP) is 12.9. The van der Waals surface area contributed by atoms with Gasteiger partial charge in [-0.15, -0.1) is 11.1 Å². The quantitative estimate of drug-likeness (QED) is 0.0512. The van der Waals surface area contributed by atoms with E-state index in [1.807, 2.05) is 72.8 Å². The molecule has 282 valence electrons. The number of hydrogen-bond acceptors (Lipinski definition) is 0. The van der Waals surface area contributed by atoms with Crippen molar-refractivity contribution >= 4 is 69.5 Å². The molecule has 0 bridgehead atoms. The van der Waals surface area contributed by atoms with Crippen LogP contribution in [0.3, 0.4) is 0 Å². The number of rotatable bonds is 6. The summed E-state index contributed by atoms with van der Waals surface area (Å²) in [5, 5.41) is 12.5. The zero-order chi connectivity index (χ0) is 37.4. The summed E-state index contributed by atoms with van der Waals surface area (Å²) in [6.45, 7) is 19.4. The van der Waals surface area contributed by atoms with Crippen molar-refractivity contribution in [3.05, 3.63) is 157 Å². The summed E-state index contributed by atoms with van der Waals surface area (Å²) in [5.74, 6) is 5.13. The van der Waals surface area contributed by atoms with Gasteiger partial charge >= 0.3 is 44.8 Å². The maximum absolute atomic E-state index is 7.46. The van der Waals surface area contributed by atoms with Crippen molar-refractivity contribution in [1.29, 1.82) is 0 Å². The van der Waals surface area contributed by atoms with Crippen molar-refractivity contribution in [2.75, 3.05) is 0 Å². The molecule has 7 rings (SSSR count). The molecule has 0 amide bonds. The minimum atomic E-state index is -0.471. The molecule has 7 aromatic carbocycles. The first-order chi connectivity index (χ1) is 25.1. The van der Waals surface area contributed by atoms with Gasteiger partial charge in [-0.1, -0.05) is 131 Å². The summed E-state index contributed by atoms with van der Waals surface area (Å²) in [6.07, 6.45) is 14.9. The van der Waals surface area contributed by atoms with E-state index in [0.29, 0.717) is 0 Å². The Morgan fingerprint density at radius 1 is 0.370 bits per heavy atom. The van der Waals surface area contributed by atoms with Gasteiger partial charge in [-0.2, -0.15) is 0 Å². The van der Waals surface area contributed by atoms with Crippen molar-refractivity contribution in [3.8, 4) is 11.8 Å². The Hall–Kier alpha value is -2.96. The van der Waals surface area contributed by atoms with Crippen LogP contribution in [0.5, 0.6) is 0 Å². The standard InChI is InChI=1S/C18H32P2.2C16H9.2Ag/c1-13(2)19(14(3)4)17-11-9-10-12-18(17)20(15(5)6)16(7)8;2*1-2-14-15-9-5-3-7-12(15)11-13-8-4-6-10-16(13)14;;/h9-16H,1-8H3;2*3-11H;;/q;2*-1;2*+1/p+2. The van der Waals surface area contributed by atoms with E-state index < -0.39 is 15.8 Å². The van der Waals surface area contributed by atoms with Crippen LogP contribution in [-0.4, -0.2) is 22.6 Å². The fraction of sp³-hybridized carbons (Fsp3) is 0.240. The molecule has 0 nitrogen and oxygen atoms in total. The van der Waals surface area contributed by atoms with E-state index in [-0.39, 0.29) is 44.8 Å². The Morgan fingerprint density at radius 3 is 0.815 bits per heavy atom. The third-order valence-electron chi connectivity index (χ3n) is 9.83. The van der Waals surface area contributed by atoms with Crippen LogP contribution in [0.1, 0.15) is 66.5 Å². The molecule has 0 saturated carbocycles. The van der Waals surface area contributed by atoms with Gasteiger partial charge in [0.15, 0.2) is 0 Å². The summed E-state index contributed by atoms with van der Waals surface area (Å²) in [4.78, 5) is 0. The van der Waals surface area contributed by atoms with E-state index in [1.54, 1.807) is 10.6 Å². The molecular formula is C50H52Ag2P2+2. The molecule has 4 heteroatoms. The molecule has 54 heavy (non-hydrogen) atoms. The van der Waals surface area contributed by atoms with E-state index >= 15 is 0 Å². The van der Waals surface area contributed by atoms with Crippen molar-refractivity contribution in [2.24, 2.45) is 0 Å². The second kappa shape index (κ2) is 21.4. The van der Waals surface area contributed by atoms with E-state index in [9.17, 15) is 0 Å². The third kappa shape index (κ3) is 10.5. The van der Waals surface area contributed by atoms with E-state index in [1.165, 1.54) is 0 Å². The van der Waals surface area contributed by atoms with Gasteiger partial charge in [0.25, 0.3) is 0 Å². The molecule has 0 unspecified atom stereocenters. The Bertz CT molecular complexity index is 2080. The van der Waals surface area contributed by atoms with Crippen LogP contribution in [0, 0.1) is 24.7 Å². The molecule has 0 N–H and O–H groups in total. The molecule has 0 saturated heterocycles. The van der Waals surface area contributed by atoms with Crippen LogP contribution in [0.25, 0.3) is 43.1 Å². The maximum Gasteiger partial charge on any atom is 1.00 e. The summed E-state index contributed by atoms with van der Waals surface area (Å²) >= 11 is 0. The minimum Gasteiger partial charge on any atom is -0.366 e. The number of benzene rings is 7. The minimum absolute atomic E-state index is 0. The van der Waals surface area contributed by atoms with Gasteiger partial charge in [0, 0.05) is 15.8 Å². The summed E-state index contributed by atoms with van der Waals surface area (Å²) in [7, 11) is -0.942. The third-order valence-corrected chi connectivity index (χ3v) is 17.2. The molecule has 7 aromatic rings. The Morgan fingerprint density at radius 2 is 0.593 bits per heavy atom. The van der Waals surface area contributed by atoms with Gasteiger partial charge < -0.3 is 12.8 Å². The molecule has 0 spiro atoms. The smallest absolute Gasteiger partial charge is 0.366 e. The molecule has 0 aromatic heterocycles. The Balaban J connectivity index is 0.000000215. The van der Waals surface area contributed by atoms with Gasteiger partial charge in [-0.05, 0) is 101 Å². The SMILES string of the molecule is CC(C)[PH+](c1ccccc1[PH+](C(C)C)C(C)C)C(C)C.[Ag+].[Ag+].[C-]#Cc1c2ccccc2cc2ccccc12.[C-]#Cc1c2ccccc2cc2ccccc12. The normalized spacial score (nSPS) is 10.9. The van der Waals surface area contributed by atoms with Crippen LogP contribution in [0.2, 0.25) is 0 Å². The zero-order valence-electron chi connectivity index (χ0n) is 32.6. The van der Waals surface area contributed by atoms with Crippen molar-refractivity contribution in [2.45, 2.75) is 78.0 Å². The van der Waals surface area contributed by atoms with Crippen LogP contribution in [-0.2, 0) is 44.8 Å². The topological polar surface area (TPSA) is 0 Å². The van der Waals surface area contributed by atoms with Crippen LogP contribution >= 0.6 is 15.8 Å². The summed E-state index contributed by atoms with van der Waals surface area (Å²) in [5.41, 5.74) is 5.00. The molecular weight excluding hydrogens is 878 g/mol.